The first kappa shape index (κ1) is 16.0. The Morgan fingerprint density at radius 2 is 1.95 bits per heavy atom. The van der Waals surface area contributed by atoms with Gasteiger partial charge in [0.05, 0.1) is 0 Å². The van der Waals surface area contributed by atoms with Crippen molar-refractivity contribution in [3.63, 3.8) is 0 Å². The van der Waals surface area contributed by atoms with Gasteiger partial charge in [0.15, 0.2) is 0 Å². The third kappa shape index (κ3) is 4.85. The van der Waals surface area contributed by atoms with Crippen LogP contribution in [-0.2, 0) is 6.42 Å². The van der Waals surface area contributed by atoms with E-state index in [0.717, 1.165) is 17.5 Å². The van der Waals surface area contributed by atoms with Crippen molar-refractivity contribution in [2.75, 3.05) is 26.7 Å². The Hall–Kier alpha value is -1.35. The first-order chi connectivity index (χ1) is 10.2. The number of benzene rings is 1. The second kappa shape index (κ2) is 8.18. The summed E-state index contributed by atoms with van der Waals surface area (Å²) in [6.45, 7) is 5.84. The van der Waals surface area contributed by atoms with E-state index in [1.165, 1.54) is 57.3 Å². The minimum atomic E-state index is 0.00384. The van der Waals surface area contributed by atoms with Crippen molar-refractivity contribution in [3.05, 3.63) is 34.9 Å². The maximum atomic E-state index is 11.7. The molecule has 3 heteroatoms. The molecule has 0 unspecified atom stereocenters. The SMILES string of the molecule is CNC(=O)c1ccc(CCCCN2CCCCC2)cc1C. The first-order valence-corrected chi connectivity index (χ1v) is 8.24. The predicted octanol–water partition coefficient (Wildman–Crippen LogP) is 3.16. The maximum Gasteiger partial charge on any atom is 0.251 e. The predicted molar refractivity (Wildman–Crippen MR) is 87.8 cm³/mol. The molecule has 1 aromatic carbocycles. The Kier molecular flexibility index (Phi) is 6.24. The molecule has 1 aliphatic heterocycles. The van der Waals surface area contributed by atoms with Crippen LogP contribution in [0, 0.1) is 6.92 Å². The number of unbranched alkanes of at least 4 members (excludes halogenated alkanes) is 1. The van der Waals surface area contributed by atoms with Crippen LogP contribution >= 0.6 is 0 Å². The highest BCUT2D eigenvalue weighted by Crippen LogP contribution is 2.14. The Labute approximate surface area is 128 Å². The van der Waals surface area contributed by atoms with Crippen LogP contribution in [0.1, 0.15) is 53.6 Å². The molecule has 0 atom stereocenters. The van der Waals surface area contributed by atoms with Crippen molar-refractivity contribution in [2.24, 2.45) is 0 Å². The molecule has 0 aliphatic carbocycles. The van der Waals surface area contributed by atoms with E-state index in [0.29, 0.717) is 0 Å². The molecular weight excluding hydrogens is 260 g/mol. The van der Waals surface area contributed by atoms with Crippen molar-refractivity contribution >= 4 is 5.91 Å². The van der Waals surface area contributed by atoms with Gasteiger partial charge >= 0.3 is 0 Å². The molecule has 116 valence electrons. The summed E-state index contributed by atoms with van der Waals surface area (Å²) in [5, 5.41) is 2.69. The number of piperidine rings is 1. The normalized spacial score (nSPS) is 15.9. The van der Waals surface area contributed by atoms with Gasteiger partial charge in [-0.2, -0.15) is 0 Å². The molecule has 1 aliphatic rings. The summed E-state index contributed by atoms with van der Waals surface area (Å²) in [5.41, 5.74) is 3.20. The third-order valence-corrected chi connectivity index (χ3v) is 4.40. The highest BCUT2D eigenvalue weighted by Gasteiger charge is 2.10. The lowest BCUT2D eigenvalue weighted by atomic mass is 10.0. The van der Waals surface area contributed by atoms with Gasteiger partial charge in [0.25, 0.3) is 5.91 Å². The summed E-state index contributed by atoms with van der Waals surface area (Å²) in [4.78, 5) is 14.3. The van der Waals surface area contributed by atoms with E-state index >= 15 is 0 Å². The molecular formula is C18H28N2O. The van der Waals surface area contributed by atoms with Crippen LogP contribution in [0.4, 0.5) is 0 Å². The van der Waals surface area contributed by atoms with Crippen LogP contribution in [0.25, 0.3) is 0 Å². The van der Waals surface area contributed by atoms with Gasteiger partial charge in [-0.05, 0) is 75.9 Å². The van der Waals surface area contributed by atoms with Crippen molar-refractivity contribution in [1.82, 2.24) is 10.2 Å². The zero-order chi connectivity index (χ0) is 15.1. The Morgan fingerprint density at radius 1 is 1.19 bits per heavy atom. The number of hydrogen-bond acceptors (Lipinski definition) is 2. The van der Waals surface area contributed by atoms with Crippen LogP contribution in [0.15, 0.2) is 18.2 Å². The Balaban J connectivity index is 1.75. The fraction of sp³-hybridized carbons (Fsp3) is 0.611. The van der Waals surface area contributed by atoms with Crippen LogP contribution in [0.5, 0.6) is 0 Å². The molecule has 3 nitrogen and oxygen atoms in total. The van der Waals surface area contributed by atoms with Gasteiger partial charge in [0.1, 0.15) is 0 Å². The standard InChI is InChI=1S/C18H28N2O/c1-15-14-16(9-10-17(15)18(21)19-2)8-4-7-13-20-11-5-3-6-12-20/h9-10,14H,3-8,11-13H2,1-2H3,(H,19,21). The topological polar surface area (TPSA) is 32.3 Å². The summed E-state index contributed by atoms with van der Waals surface area (Å²) >= 11 is 0. The minimum Gasteiger partial charge on any atom is -0.355 e. The second-order valence-corrected chi connectivity index (χ2v) is 6.09. The molecule has 1 heterocycles. The van der Waals surface area contributed by atoms with Crippen LogP contribution < -0.4 is 5.32 Å². The van der Waals surface area contributed by atoms with Crippen molar-refractivity contribution in [1.29, 1.82) is 0 Å². The van der Waals surface area contributed by atoms with Crippen LogP contribution in [0.2, 0.25) is 0 Å². The monoisotopic (exact) mass is 288 g/mol. The lowest BCUT2D eigenvalue weighted by molar-refractivity contribution is 0.0962. The van der Waals surface area contributed by atoms with E-state index in [1.54, 1.807) is 7.05 Å². The highest BCUT2D eigenvalue weighted by molar-refractivity contribution is 5.95. The molecule has 1 aromatic rings. The number of rotatable bonds is 6. The molecule has 1 saturated heterocycles. The van der Waals surface area contributed by atoms with Crippen molar-refractivity contribution < 1.29 is 4.79 Å². The summed E-state index contributed by atoms with van der Waals surface area (Å²) in [6, 6.07) is 6.21. The van der Waals surface area contributed by atoms with Gasteiger partial charge in [0.2, 0.25) is 0 Å². The molecule has 0 radical (unpaired) electrons. The lowest BCUT2D eigenvalue weighted by Crippen LogP contribution is -2.30. The van der Waals surface area contributed by atoms with Gasteiger partial charge in [-0.15, -0.1) is 0 Å². The Morgan fingerprint density at radius 3 is 2.62 bits per heavy atom. The van der Waals surface area contributed by atoms with Crippen molar-refractivity contribution in [3.8, 4) is 0 Å². The number of amides is 1. The smallest absolute Gasteiger partial charge is 0.251 e. The maximum absolute atomic E-state index is 11.7. The quantitative estimate of drug-likeness (QED) is 0.816. The molecule has 0 aromatic heterocycles. The number of carbonyl (C=O) groups excluding carboxylic acids is 1. The van der Waals surface area contributed by atoms with E-state index < -0.39 is 0 Å². The van der Waals surface area contributed by atoms with Crippen LogP contribution in [-0.4, -0.2) is 37.5 Å². The van der Waals surface area contributed by atoms with Crippen LogP contribution in [0.3, 0.4) is 0 Å². The molecule has 0 saturated carbocycles. The zero-order valence-electron chi connectivity index (χ0n) is 13.5. The van der Waals surface area contributed by atoms with E-state index in [4.69, 9.17) is 0 Å². The van der Waals surface area contributed by atoms with Gasteiger partial charge in [0, 0.05) is 12.6 Å². The molecule has 1 amide bonds. The van der Waals surface area contributed by atoms with Gasteiger partial charge < -0.3 is 10.2 Å². The molecule has 21 heavy (non-hydrogen) atoms. The number of hydrogen-bond donors (Lipinski definition) is 1. The molecule has 1 N–H and O–H groups in total. The average Bonchev–Trinajstić information content (AvgIpc) is 2.52. The molecule has 2 rings (SSSR count). The summed E-state index contributed by atoms with van der Waals surface area (Å²) in [7, 11) is 1.68. The lowest BCUT2D eigenvalue weighted by Gasteiger charge is -2.26. The minimum absolute atomic E-state index is 0.00384. The van der Waals surface area contributed by atoms with Gasteiger partial charge in [-0.1, -0.05) is 18.6 Å². The fourth-order valence-electron chi connectivity index (χ4n) is 3.12. The first-order valence-electron chi connectivity index (χ1n) is 8.24. The third-order valence-electron chi connectivity index (χ3n) is 4.40. The summed E-state index contributed by atoms with van der Waals surface area (Å²) in [6.07, 6.45) is 7.78. The van der Waals surface area contributed by atoms with E-state index in [-0.39, 0.29) is 5.91 Å². The zero-order valence-corrected chi connectivity index (χ0v) is 13.5. The Bertz CT molecular complexity index is 464. The van der Waals surface area contributed by atoms with Gasteiger partial charge in [-0.25, -0.2) is 0 Å². The van der Waals surface area contributed by atoms with Crippen molar-refractivity contribution in [2.45, 2.75) is 45.4 Å². The molecule has 1 fully saturated rings. The number of likely N-dealkylation sites (tertiary alicyclic amines) is 1. The van der Waals surface area contributed by atoms with E-state index in [1.807, 2.05) is 13.0 Å². The number of nitrogens with one attached hydrogen (secondary N) is 1. The van der Waals surface area contributed by atoms with E-state index in [9.17, 15) is 4.79 Å². The number of nitrogens with zero attached hydrogens (tertiary/aromatic N) is 1. The van der Waals surface area contributed by atoms with Gasteiger partial charge in [-0.3, -0.25) is 4.79 Å². The largest absolute Gasteiger partial charge is 0.355 e. The molecule has 0 spiro atoms. The summed E-state index contributed by atoms with van der Waals surface area (Å²) in [5.74, 6) is 0.00384. The number of aryl methyl sites for hydroxylation is 2. The average molecular weight is 288 g/mol. The number of carbonyl (C=O) groups is 1. The highest BCUT2D eigenvalue weighted by atomic mass is 16.1. The second-order valence-electron chi connectivity index (χ2n) is 6.09. The summed E-state index contributed by atoms with van der Waals surface area (Å²) < 4.78 is 0. The fourth-order valence-corrected chi connectivity index (χ4v) is 3.12. The van der Waals surface area contributed by atoms with E-state index in [2.05, 4.69) is 22.3 Å². The molecule has 0 bridgehead atoms.